The molecule has 2 aromatic carbocycles. The summed E-state index contributed by atoms with van der Waals surface area (Å²) in [7, 11) is 0. The number of amides is 1. The van der Waals surface area contributed by atoms with Gasteiger partial charge in [-0.2, -0.15) is 5.10 Å². The number of nitrogens with zero attached hydrogens (tertiary/aromatic N) is 2. The molecule has 1 heterocycles. The summed E-state index contributed by atoms with van der Waals surface area (Å²) in [5, 5.41) is 16.5. The molecule has 1 aliphatic rings. The summed E-state index contributed by atoms with van der Waals surface area (Å²) in [6.07, 6.45) is 0.561. The highest BCUT2D eigenvalue weighted by atomic mass is 35.5. The van der Waals surface area contributed by atoms with Crippen LogP contribution in [0.3, 0.4) is 0 Å². The third-order valence-corrected chi connectivity index (χ3v) is 4.40. The molecule has 5 nitrogen and oxygen atoms in total. The van der Waals surface area contributed by atoms with E-state index in [-0.39, 0.29) is 23.6 Å². The number of benzene rings is 2. The molecule has 0 fully saturated rings. The van der Waals surface area contributed by atoms with Crippen molar-refractivity contribution in [1.29, 1.82) is 4.78 Å². The highest BCUT2D eigenvalue weighted by Crippen LogP contribution is 2.36. The van der Waals surface area contributed by atoms with E-state index in [0.29, 0.717) is 11.4 Å². The number of carbonyl (C=O) groups excluding carboxylic acids is 1. The van der Waals surface area contributed by atoms with Gasteiger partial charge in [-0.25, -0.2) is 9.79 Å². The lowest BCUT2D eigenvalue weighted by molar-refractivity contribution is -0.136. The van der Waals surface area contributed by atoms with Gasteiger partial charge < -0.3 is 5.11 Å². The molecular weight excluding hydrogens is 370 g/mol. The molecule has 0 saturated heterocycles. The second-order valence-electron chi connectivity index (χ2n) is 6.18. The smallest absolute Gasteiger partial charge is 0.245 e. The number of hydrogen-bond acceptors (Lipinski definition) is 5. The number of hydrogen-bond donors (Lipinski definition) is 2. The van der Waals surface area contributed by atoms with Crippen molar-refractivity contribution in [1.82, 2.24) is 5.01 Å². The van der Waals surface area contributed by atoms with E-state index in [9.17, 15) is 9.90 Å². The molecule has 2 N–H and O–H groups in total. The van der Waals surface area contributed by atoms with Gasteiger partial charge in [0.15, 0.2) is 0 Å². The molecular formula is C19H20ClN3O2S. The van der Waals surface area contributed by atoms with Crippen LogP contribution < -0.4 is 0 Å². The van der Waals surface area contributed by atoms with Crippen LogP contribution in [0.2, 0.25) is 5.02 Å². The van der Waals surface area contributed by atoms with E-state index < -0.39 is 0 Å². The molecule has 1 unspecified atom stereocenters. The van der Waals surface area contributed by atoms with Gasteiger partial charge in [-0.1, -0.05) is 55.8 Å². The van der Waals surface area contributed by atoms with Crippen molar-refractivity contribution in [2.75, 3.05) is 0 Å². The Morgan fingerprint density at radius 2 is 1.96 bits per heavy atom. The first-order valence-electron chi connectivity index (χ1n) is 8.12. The first kappa shape index (κ1) is 20.0. The van der Waals surface area contributed by atoms with Gasteiger partial charge in [0.1, 0.15) is 5.75 Å². The lowest BCUT2D eigenvalue weighted by atomic mass is 9.97. The average Bonchev–Trinajstić information content (AvgIpc) is 3.08. The van der Waals surface area contributed by atoms with Gasteiger partial charge in [0.05, 0.1) is 11.8 Å². The Morgan fingerprint density at radius 3 is 2.58 bits per heavy atom. The van der Waals surface area contributed by atoms with Crippen molar-refractivity contribution in [3.8, 4) is 5.75 Å². The van der Waals surface area contributed by atoms with E-state index in [0.717, 1.165) is 16.8 Å². The van der Waals surface area contributed by atoms with E-state index in [1.165, 1.54) is 5.01 Å². The number of carbonyl (C=O) groups is 1. The van der Waals surface area contributed by atoms with Crippen LogP contribution in [0.5, 0.6) is 5.75 Å². The van der Waals surface area contributed by atoms with E-state index in [1.807, 2.05) is 44.2 Å². The summed E-state index contributed by atoms with van der Waals surface area (Å²) in [6.45, 7) is 3.70. The number of aromatic hydroxyl groups is 1. The second-order valence-corrected chi connectivity index (χ2v) is 6.59. The monoisotopic (exact) mass is 389 g/mol. The molecule has 7 heteroatoms. The van der Waals surface area contributed by atoms with Crippen LogP contribution in [0.1, 0.15) is 37.4 Å². The Labute approximate surface area is 163 Å². The zero-order valence-corrected chi connectivity index (χ0v) is 16.1. The van der Waals surface area contributed by atoms with Crippen LogP contribution in [0.15, 0.2) is 53.6 Å². The van der Waals surface area contributed by atoms with E-state index in [1.54, 1.807) is 18.2 Å². The first-order valence-corrected chi connectivity index (χ1v) is 8.91. The molecule has 1 aliphatic heterocycles. The standard InChI is InChI=1S/C19H19ClN2O2.HNS/c1-12(2)19(24)22-18(13-6-5-7-14(23)10-13)11-17(21-22)15-8-3-4-9-16(15)20;1-2/h3-10,12,18,23H,11H2,1-2H3;1H. The molecule has 0 bridgehead atoms. The zero-order chi connectivity index (χ0) is 19.3. The normalized spacial score (nSPS) is 16.1. The number of hydrazone groups is 1. The van der Waals surface area contributed by atoms with Crippen LogP contribution in [-0.2, 0) is 17.2 Å². The molecule has 3 rings (SSSR count). The van der Waals surface area contributed by atoms with Crippen molar-refractivity contribution >= 4 is 35.6 Å². The molecule has 136 valence electrons. The van der Waals surface area contributed by atoms with Crippen LogP contribution >= 0.6 is 11.6 Å². The first-order chi connectivity index (χ1) is 12.5. The minimum Gasteiger partial charge on any atom is -0.508 e. The van der Waals surface area contributed by atoms with Gasteiger partial charge in [0, 0.05) is 35.3 Å². The van der Waals surface area contributed by atoms with Gasteiger partial charge in [0.25, 0.3) is 0 Å². The fourth-order valence-corrected chi connectivity index (χ4v) is 3.07. The maximum Gasteiger partial charge on any atom is 0.245 e. The molecule has 0 radical (unpaired) electrons. The number of nitrogens with one attached hydrogen (secondary N) is 1. The third kappa shape index (κ3) is 4.26. The maximum atomic E-state index is 12.6. The Morgan fingerprint density at radius 1 is 1.27 bits per heavy atom. The second kappa shape index (κ2) is 8.87. The Balaban J connectivity index is 0.00000117. The highest BCUT2D eigenvalue weighted by Gasteiger charge is 2.34. The number of rotatable bonds is 3. The molecule has 1 atom stereocenters. The highest BCUT2D eigenvalue weighted by molar-refractivity contribution is 7.45. The van der Waals surface area contributed by atoms with Gasteiger partial charge in [-0.3, -0.25) is 4.79 Å². The zero-order valence-electron chi connectivity index (χ0n) is 14.5. The lowest BCUT2D eigenvalue weighted by Crippen LogP contribution is -2.30. The molecule has 0 aromatic heterocycles. The minimum absolute atomic E-state index is 0.0506. The average molecular weight is 390 g/mol. The van der Waals surface area contributed by atoms with Crippen LogP contribution in [0.4, 0.5) is 0 Å². The van der Waals surface area contributed by atoms with E-state index in [2.05, 4.69) is 17.5 Å². The Kier molecular flexibility index (Phi) is 6.83. The number of phenolic OH excluding ortho intramolecular Hbond substituents is 1. The summed E-state index contributed by atoms with van der Waals surface area (Å²) in [6, 6.07) is 14.2. The molecule has 0 spiro atoms. The van der Waals surface area contributed by atoms with E-state index >= 15 is 0 Å². The fraction of sp³-hybridized carbons (Fsp3) is 0.263. The molecule has 0 saturated carbocycles. The van der Waals surface area contributed by atoms with Crippen molar-refractivity contribution < 1.29 is 9.90 Å². The SMILES string of the molecule is CC(C)C(=O)N1N=C(c2ccccc2Cl)CC1c1cccc(O)c1.N=S. The van der Waals surface area contributed by atoms with Crippen molar-refractivity contribution in [2.45, 2.75) is 26.3 Å². The van der Waals surface area contributed by atoms with Gasteiger partial charge in [-0.15, -0.1) is 0 Å². The lowest BCUT2D eigenvalue weighted by Gasteiger charge is -2.23. The predicted molar refractivity (Wildman–Crippen MR) is 105 cm³/mol. The minimum atomic E-state index is -0.238. The summed E-state index contributed by atoms with van der Waals surface area (Å²) < 4.78 is 5.33. The molecule has 2 aromatic rings. The van der Waals surface area contributed by atoms with Gasteiger partial charge >= 0.3 is 0 Å². The quantitative estimate of drug-likeness (QED) is 0.800. The van der Waals surface area contributed by atoms with Gasteiger partial charge in [-0.05, 0) is 23.8 Å². The predicted octanol–water partition coefficient (Wildman–Crippen LogP) is 4.67. The van der Waals surface area contributed by atoms with E-state index in [4.69, 9.17) is 16.4 Å². The number of phenols is 1. The maximum absolute atomic E-state index is 12.6. The topological polar surface area (TPSA) is 76.8 Å². The Bertz CT molecular complexity index is 826. The summed E-state index contributed by atoms with van der Waals surface area (Å²) in [4.78, 5) is 12.6. The summed E-state index contributed by atoms with van der Waals surface area (Å²) in [5.74, 6) is -0.0415. The Hall–Kier alpha value is -2.31. The molecule has 0 aliphatic carbocycles. The van der Waals surface area contributed by atoms with Crippen molar-refractivity contribution in [2.24, 2.45) is 11.0 Å². The summed E-state index contributed by atoms with van der Waals surface area (Å²) in [5.41, 5.74) is 2.47. The van der Waals surface area contributed by atoms with Crippen LogP contribution in [0.25, 0.3) is 0 Å². The van der Waals surface area contributed by atoms with Crippen LogP contribution in [-0.4, -0.2) is 21.7 Å². The van der Waals surface area contributed by atoms with Gasteiger partial charge in [0.2, 0.25) is 5.91 Å². The van der Waals surface area contributed by atoms with Crippen molar-refractivity contribution in [3.05, 3.63) is 64.7 Å². The largest absolute Gasteiger partial charge is 0.508 e. The molecule has 26 heavy (non-hydrogen) atoms. The third-order valence-electron chi connectivity index (χ3n) is 4.07. The fourth-order valence-electron chi connectivity index (χ4n) is 2.83. The molecule has 1 amide bonds. The van der Waals surface area contributed by atoms with Crippen molar-refractivity contribution in [3.63, 3.8) is 0 Å². The van der Waals surface area contributed by atoms with Crippen LogP contribution in [0, 0.1) is 10.7 Å². The summed E-state index contributed by atoms with van der Waals surface area (Å²) >= 11 is 9.62. The number of halogens is 1.